The highest BCUT2D eigenvalue weighted by Gasteiger charge is 2.24. The second kappa shape index (κ2) is 7.23. The first-order chi connectivity index (χ1) is 12.4. The molecule has 4 nitrogen and oxygen atoms in total. The van der Waals surface area contributed by atoms with Gasteiger partial charge in [-0.2, -0.15) is 8.78 Å². The molecule has 1 unspecified atom stereocenters. The van der Waals surface area contributed by atoms with Crippen molar-refractivity contribution in [1.29, 1.82) is 0 Å². The molecule has 26 heavy (non-hydrogen) atoms. The number of imidazole rings is 1. The highest BCUT2D eigenvalue weighted by molar-refractivity contribution is 5.76. The second-order valence-corrected chi connectivity index (χ2v) is 6.33. The van der Waals surface area contributed by atoms with Crippen LogP contribution in [-0.2, 0) is 16.0 Å². The fourth-order valence-corrected chi connectivity index (χ4v) is 2.93. The number of carbonyl (C=O) groups is 1. The summed E-state index contributed by atoms with van der Waals surface area (Å²) in [6.07, 6.45) is -0.796. The maximum atomic E-state index is 13.5. The van der Waals surface area contributed by atoms with Crippen molar-refractivity contribution >= 4 is 17.0 Å². The molecule has 136 valence electrons. The Morgan fingerprint density at radius 2 is 1.88 bits per heavy atom. The van der Waals surface area contributed by atoms with Crippen LogP contribution in [0.1, 0.15) is 42.1 Å². The van der Waals surface area contributed by atoms with Crippen LogP contribution in [0.4, 0.5) is 8.78 Å². The van der Waals surface area contributed by atoms with E-state index in [9.17, 15) is 13.6 Å². The predicted octanol–water partition coefficient (Wildman–Crippen LogP) is 4.90. The molecular weight excluding hydrogens is 338 g/mol. The van der Waals surface area contributed by atoms with Crippen molar-refractivity contribution < 1.29 is 18.3 Å². The molecule has 0 aliphatic rings. The van der Waals surface area contributed by atoms with Crippen LogP contribution in [-0.4, -0.2) is 15.5 Å². The molecule has 0 fully saturated rings. The normalized spacial score (nSPS) is 12.5. The van der Waals surface area contributed by atoms with Crippen molar-refractivity contribution in [3.8, 4) is 0 Å². The van der Waals surface area contributed by atoms with E-state index >= 15 is 0 Å². The molecule has 1 heterocycles. The fourth-order valence-electron chi connectivity index (χ4n) is 2.93. The summed E-state index contributed by atoms with van der Waals surface area (Å²) in [6, 6.07) is 12.4. The minimum Gasteiger partial charge on any atom is -0.454 e. The van der Waals surface area contributed by atoms with Gasteiger partial charge in [0.15, 0.2) is 11.9 Å². The minimum atomic E-state index is -2.77. The molecule has 0 aliphatic carbocycles. The molecular formula is C20H20F2N2O2. The zero-order valence-corrected chi connectivity index (χ0v) is 14.9. The monoisotopic (exact) mass is 358 g/mol. The number of nitrogens with zero attached hydrogens (tertiary/aromatic N) is 2. The molecule has 0 saturated heterocycles. The van der Waals surface area contributed by atoms with E-state index in [1.54, 1.807) is 31.2 Å². The predicted molar refractivity (Wildman–Crippen MR) is 95.1 cm³/mol. The molecule has 3 rings (SSSR count). The maximum absolute atomic E-state index is 13.5. The lowest BCUT2D eigenvalue weighted by Gasteiger charge is -2.15. The number of hydrogen-bond acceptors (Lipinski definition) is 3. The fraction of sp³-hybridized carbons (Fsp3) is 0.300. The highest BCUT2D eigenvalue weighted by atomic mass is 19.3. The van der Waals surface area contributed by atoms with Crippen molar-refractivity contribution in [1.82, 2.24) is 9.55 Å². The molecule has 0 radical (unpaired) electrons. The SMILES string of the molecule is Cc1ccc(CC(=O)OC(C)c2nc3ccccc3n2C(F)F)cc1C. The van der Waals surface area contributed by atoms with Crippen molar-refractivity contribution in [2.45, 2.75) is 39.8 Å². The summed E-state index contributed by atoms with van der Waals surface area (Å²) in [5, 5.41) is 0. The van der Waals surface area contributed by atoms with Crippen LogP contribution < -0.4 is 0 Å². The molecule has 0 N–H and O–H groups in total. The lowest BCUT2D eigenvalue weighted by molar-refractivity contribution is -0.148. The maximum Gasteiger partial charge on any atom is 0.320 e. The number of esters is 1. The summed E-state index contributed by atoms with van der Waals surface area (Å²) in [5.41, 5.74) is 3.81. The van der Waals surface area contributed by atoms with Crippen LogP contribution in [0.2, 0.25) is 0 Å². The smallest absolute Gasteiger partial charge is 0.320 e. The van der Waals surface area contributed by atoms with Crippen LogP contribution >= 0.6 is 0 Å². The molecule has 0 saturated carbocycles. The summed E-state index contributed by atoms with van der Waals surface area (Å²) in [5.74, 6) is -0.441. The number of ether oxygens (including phenoxy) is 1. The van der Waals surface area contributed by atoms with Gasteiger partial charge >= 0.3 is 12.5 Å². The van der Waals surface area contributed by atoms with Gasteiger partial charge in [0.25, 0.3) is 0 Å². The van der Waals surface area contributed by atoms with Gasteiger partial charge in [0.05, 0.1) is 17.5 Å². The Kier molecular flexibility index (Phi) is 5.02. The summed E-state index contributed by atoms with van der Waals surface area (Å²) < 4.78 is 33.2. The average molecular weight is 358 g/mol. The van der Waals surface area contributed by atoms with Crippen LogP contribution in [0.3, 0.4) is 0 Å². The first-order valence-electron chi connectivity index (χ1n) is 8.37. The van der Waals surface area contributed by atoms with E-state index in [0.29, 0.717) is 11.0 Å². The number of carbonyl (C=O) groups excluding carboxylic acids is 1. The summed E-state index contributed by atoms with van der Waals surface area (Å²) in [7, 11) is 0. The van der Waals surface area contributed by atoms with Gasteiger partial charge in [-0.15, -0.1) is 0 Å². The van der Waals surface area contributed by atoms with Crippen molar-refractivity contribution in [3.63, 3.8) is 0 Å². The van der Waals surface area contributed by atoms with Crippen LogP contribution in [0.25, 0.3) is 11.0 Å². The third-order valence-electron chi connectivity index (χ3n) is 4.41. The third-order valence-corrected chi connectivity index (χ3v) is 4.41. The largest absolute Gasteiger partial charge is 0.454 e. The zero-order valence-electron chi connectivity index (χ0n) is 14.9. The lowest BCUT2D eigenvalue weighted by Crippen LogP contribution is -2.16. The zero-order chi connectivity index (χ0) is 18.8. The van der Waals surface area contributed by atoms with E-state index < -0.39 is 18.6 Å². The summed E-state index contributed by atoms with van der Waals surface area (Å²) in [6.45, 7) is 2.75. The van der Waals surface area contributed by atoms with Crippen molar-refractivity contribution in [2.75, 3.05) is 0 Å². The Morgan fingerprint density at radius 1 is 1.15 bits per heavy atom. The van der Waals surface area contributed by atoms with Gasteiger partial charge in [-0.25, -0.2) is 4.98 Å². The molecule has 0 aliphatic heterocycles. The Balaban J connectivity index is 1.80. The number of aryl methyl sites for hydroxylation is 2. The number of benzene rings is 2. The molecule has 2 aromatic carbocycles. The molecule has 0 spiro atoms. The van der Waals surface area contributed by atoms with Crippen molar-refractivity contribution in [3.05, 3.63) is 65.0 Å². The minimum absolute atomic E-state index is 0.0367. The van der Waals surface area contributed by atoms with Crippen LogP contribution in [0, 0.1) is 13.8 Å². The Bertz CT molecular complexity index is 950. The van der Waals surface area contributed by atoms with E-state index in [0.717, 1.165) is 21.3 Å². The van der Waals surface area contributed by atoms with Gasteiger partial charge in [0, 0.05) is 0 Å². The van der Waals surface area contributed by atoms with Crippen LogP contribution in [0.15, 0.2) is 42.5 Å². The Labute approximate surface area is 150 Å². The topological polar surface area (TPSA) is 44.1 Å². The third kappa shape index (κ3) is 3.59. The number of alkyl halides is 2. The van der Waals surface area contributed by atoms with Gasteiger partial charge < -0.3 is 4.74 Å². The van der Waals surface area contributed by atoms with Gasteiger partial charge in [0.1, 0.15) is 0 Å². The standard InChI is InChI=1S/C20H20F2N2O2/c1-12-8-9-15(10-13(12)2)11-18(25)26-14(3)19-23-16-6-4-5-7-17(16)24(19)20(21)22/h4-10,14,20H,11H2,1-3H3. The molecule has 0 amide bonds. The number of para-hydroxylation sites is 2. The summed E-state index contributed by atoms with van der Waals surface area (Å²) in [4.78, 5) is 16.5. The lowest BCUT2D eigenvalue weighted by atomic mass is 10.0. The van der Waals surface area contributed by atoms with E-state index in [1.165, 1.54) is 0 Å². The number of hydrogen-bond donors (Lipinski definition) is 0. The number of rotatable bonds is 5. The van der Waals surface area contributed by atoms with Gasteiger partial charge in [-0.3, -0.25) is 9.36 Å². The Hall–Kier alpha value is -2.76. The van der Waals surface area contributed by atoms with E-state index in [2.05, 4.69) is 4.98 Å². The van der Waals surface area contributed by atoms with Crippen LogP contribution in [0.5, 0.6) is 0 Å². The number of halogens is 2. The Morgan fingerprint density at radius 3 is 2.58 bits per heavy atom. The van der Waals surface area contributed by atoms with Gasteiger partial charge in [-0.05, 0) is 49.6 Å². The van der Waals surface area contributed by atoms with Gasteiger partial charge in [0.2, 0.25) is 0 Å². The second-order valence-electron chi connectivity index (χ2n) is 6.33. The first kappa shape index (κ1) is 18.0. The molecule has 1 aromatic heterocycles. The molecule has 1 atom stereocenters. The van der Waals surface area contributed by atoms with E-state index in [4.69, 9.17) is 4.74 Å². The van der Waals surface area contributed by atoms with E-state index in [1.807, 2.05) is 32.0 Å². The summed E-state index contributed by atoms with van der Waals surface area (Å²) >= 11 is 0. The van der Waals surface area contributed by atoms with E-state index in [-0.39, 0.29) is 12.2 Å². The number of aromatic nitrogens is 2. The van der Waals surface area contributed by atoms with Gasteiger partial charge in [-0.1, -0.05) is 30.3 Å². The quantitative estimate of drug-likeness (QED) is 0.610. The van der Waals surface area contributed by atoms with Crippen molar-refractivity contribution in [2.24, 2.45) is 0 Å². The number of fused-ring (bicyclic) bond motifs is 1. The average Bonchev–Trinajstić information content (AvgIpc) is 2.98. The molecule has 6 heteroatoms. The first-order valence-corrected chi connectivity index (χ1v) is 8.37. The highest BCUT2D eigenvalue weighted by Crippen LogP contribution is 2.28. The molecule has 3 aromatic rings. The molecule has 0 bridgehead atoms.